The molecule has 1 aliphatic heterocycles. The molecule has 1 saturated carbocycles. The topological polar surface area (TPSA) is 49.5 Å². The Morgan fingerprint density at radius 3 is 2.85 bits per heavy atom. The summed E-state index contributed by atoms with van der Waals surface area (Å²) in [4.78, 5) is 2.29. The van der Waals surface area contributed by atoms with Gasteiger partial charge in [0.1, 0.15) is 11.6 Å². The maximum Gasteiger partial charge on any atom is 0.148 e. The van der Waals surface area contributed by atoms with Crippen molar-refractivity contribution in [2.75, 3.05) is 17.2 Å². The minimum atomic E-state index is -0.218. The third-order valence-corrected chi connectivity index (χ3v) is 7.10. The molecular formula is C22H25FN2O. The summed E-state index contributed by atoms with van der Waals surface area (Å²) in [6.07, 6.45) is 6.81. The summed E-state index contributed by atoms with van der Waals surface area (Å²) in [5, 5.41) is 10.1. The Morgan fingerprint density at radius 1 is 1.12 bits per heavy atom. The number of hydrogen-bond acceptors (Lipinski definition) is 3. The molecule has 4 heteroatoms. The zero-order valence-corrected chi connectivity index (χ0v) is 14.9. The first kappa shape index (κ1) is 16.0. The van der Waals surface area contributed by atoms with Crippen LogP contribution in [0.5, 0.6) is 5.75 Å². The lowest BCUT2D eigenvalue weighted by molar-refractivity contribution is 0.0979. The fourth-order valence-corrected chi connectivity index (χ4v) is 6.05. The first-order valence-electron chi connectivity index (χ1n) is 9.72. The standard InChI is InChI=1S/C22H25FN2O/c23-19-12-15(24)5-7-20(19)25-10-9-22-8-2-1-3-17(22)21(25)11-14-4-6-16(26)13-18(14)22/h4-7,12-13,17,21,26H,1-3,8-11,24H2/t17-,21+,22+/m1/s1. The van der Waals surface area contributed by atoms with Gasteiger partial charge in [-0.3, -0.25) is 0 Å². The average molecular weight is 352 g/mol. The van der Waals surface area contributed by atoms with Crippen molar-refractivity contribution in [3.05, 3.63) is 53.3 Å². The molecule has 3 atom stereocenters. The summed E-state index contributed by atoms with van der Waals surface area (Å²) in [5.74, 6) is 0.675. The molecule has 0 amide bonds. The van der Waals surface area contributed by atoms with E-state index < -0.39 is 0 Å². The normalized spacial score (nSPS) is 29.8. The molecule has 1 saturated heterocycles. The minimum absolute atomic E-state index is 0.149. The number of anilines is 2. The van der Waals surface area contributed by atoms with Crippen LogP contribution in [0.15, 0.2) is 36.4 Å². The largest absolute Gasteiger partial charge is 0.508 e. The predicted molar refractivity (Wildman–Crippen MR) is 102 cm³/mol. The summed E-state index contributed by atoms with van der Waals surface area (Å²) >= 11 is 0. The molecule has 2 aromatic rings. The van der Waals surface area contributed by atoms with Gasteiger partial charge in [0.2, 0.25) is 0 Å². The number of aromatic hydroxyl groups is 1. The highest BCUT2D eigenvalue weighted by Gasteiger charge is 2.54. The maximum absolute atomic E-state index is 14.7. The van der Waals surface area contributed by atoms with Crippen LogP contribution < -0.4 is 10.6 Å². The van der Waals surface area contributed by atoms with Gasteiger partial charge in [0.15, 0.2) is 0 Å². The maximum atomic E-state index is 14.7. The molecule has 3 nitrogen and oxygen atoms in total. The van der Waals surface area contributed by atoms with E-state index in [1.165, 1.54) is 42.9 Å². The van der Waals surface area contributed by atoms with Crippen molar-refractivity contribution in [2.24, 2.45) is 5.92 Å². The number of nitrogens with two attached hydrogens (primary N) is 1. The summed E-state index contributed by atoms with van der Waals surface area (Å²) in [7, 11) is 0. The molecule has 0 unspecified atom stereocenters. The number of benzene rings is 2. The van der Waals surface area contributed by atoms with Crippen LogP contribution in [0.3, 0.4) is 0 Å². The molecule has 2 bridgehead atoms. The van der Waals surface area contributed by atoms with Gasteiger partial charge in [-0.25, -0.2) is 4.39 Å². The van der Waals surface area contributed by atoms with Crippen molar-refractivity contribution in [3.8, 4) is 5.75 Å². The van der Waals surface area contributed by atoms with Gasteiger partial charge in [0.05, 0.1) is 5.69 Å². The summed E-state index contributed by atoms with van der Waals surface area (Å²) < 4.78 is 14.7. The van der Waals surface area contributed by atoms with Crippen LogP contribution in [-0.4, -0.2) is 17.7 Å². The van der Waals surface area contributed by atoms with E-state index in [0.717, 1.165) is 19.4 Å². The number of halogens is 1. The van der Waals surface area contributed by atoms with Crippen LogP contribution in [-0.2, 0) is 11.8 Å². The van der Waals surface area contributed by atoms with Crippen LogP contribution in [0, 0.1) is 11.7 Å². The van der Waals surface area contributed by atoms with Gasteiger partial charge >= 0.3 is 0 Å². The highest BCUT2D eigenvalue weighted by atomic mass is 19.1. The molecule has 3 N–H and O–H groups in total. The molecule has 136 valence electrons. The first-order valence-corrected chi connectivity index (χ1v) is 9.72. The lowest BCUT2D eigenvalue weighted by Gasteiger charge is -2.59. The lowest BCUT2D eigenvalue weighted by atomic mass is 9.52. The minimum Gasteiger partial charge on any atom is -0.508 e. The van der Waals surface area contributed by atoms with E-state index >= 15 is 0 Å². The zero-order valence-electron chi connectivity index (χ0n) is 14.9. The second-order valence-corrected chi connectivity index (χ2v) is 8.28. The van der Waals surface area contributed by atoms with E-state index in [0.29, 0.717) is 29.1 Å². The molecule has 2 aromatic carbocycles. The Bertz CT molecular complexity index is 867. The van der Waals surface area contributed by atoms with Gasteiger partial charge in [-0.1, -0.05) is 18.9 Å². The molecule has 1 heterocycles. The molecule has 0 aromatic heterocycles. The van der Waals surface area contributed by atoms with Gasteiger partial charge in [0, 0.05) is 23.7 Å². The van der Waals surface area contributed by atoms with Crippen LogP contribution in [0.1, 0.15) is 43.2 Å². The Morgan fingerprint density at radius 2 is 2.00 bits per heavy atom. The van der Waals surface area contributed by atoms with E-state index in [-0.39, 0.29) is 11.2 Å². The van der Waals surface area contributed by atoms with Gasteiger partial charge in [-0.05, 0) is 73.1 Å². The molecule has 3 aliphatic rings. The molecule has 2 fully saturated rings. The van der Waals surface area contributed by atoms with Gasteiger partial charge in [0.25, 0.3) is 0 Å². The van der Waals surface area contributed by atoms with E-state index in [4.69, 9.17) is 5.73 Å². The van der Waals surface area contributed by atoms with Gasteiger partial charge in [-0.2, -0.15) is 0 Å². The van der Waals surface area contributed by atoms with Crippen LogP contribution in [0.4, 0.5) is 15.8 Å². The van der Waals surface area contributed by atoms with E-state index in [9.17, 15) is 9.50 Å². The van der Waals surface area contributed by atoms with Crippen molar-refractivity contribution < 1.29 is 9.50 Å². The average Bonchev–Trinajstić information content (AvgIpc) is 2.63. The number of hydrogen-bond donors (Lipinski definition) is 2. The summed E-state index contributed by atoms with van der Waals surface area (Å²) in [6.45, 7) is 0.858. The number of piperidine rings is 1. The van der Waals surface area contributed by atoms with E-state index in [1.807, 2.05) is 12.1 Å². The molecular weight excluding hydrogens is 327 g/mol. The number of nitrogen functional groups attached to an aromatic ring is 1. The first-order chi connectivity index (χ1) is 12.6. The van der Waals surface area contributed by atoms with Gasteiger partial charge in [-0.15, -0.1) is 0 Å². The number of phenolic OH excluding ortho intramolecular Hbond substituents is 1. The predicted octanol–water partition coefficient (Wildman–Crippen LogP) is 4.38. The number of fused-ring (bicyclic) bond motifs is 1. The third-order valence-electron chi connectivity index (χ3n) is 7.10. The smallest absolute Gasteiger partial charge is 0.148 e. The summed E-state index contributed by atoms with van der Waals surface area (Å²) in [5.41, 5.74) is 9.75. The molecule has 0 radical (unpaired) electrons. The Balaban J connectivity index is 1.63. The molecule has 5 rings (SSSR count). The second-order valence-electron chi connectivity index (χ2n) is 8.28. The number of nitrogens with zero attached hydrogens (tertiary/aromatic N) is 1. The number of phenols is 1. The molecule has 26 heavy (non-hydrogen) atoms. The monoisotopic (exact) mass is 352 g/mol. The van der Waals surface area contributed by atoms with Gasteiger partial charge < -0.3 is 15.7 Å². The van der Waals surface area contributed by atoms with Crippen molar-refractivity contribution in [2.45, 2.75) is 50.0 Å². The SMILES string of the molecule is Nc1ccc(N2CC[C@@]34CCCC[C@@H]3[C@@H]2Cc2ccc(O)cc24)c(F)c1. The Labute approximate surface area is 153 Å². The quantitative estimate of drug-likeness (QED) is 0.749. The Hall–Kier alpha value is -2.23. The van der Waals surface area contributed by atoms with E-state index in [1.54, 1.807) is 12.1 Å². The Kier molecular flexibility index (Phi) is 3.46. The van der Waals surface area contributed by atoms with Crippen LogP contribution in [0.25, 0.3) is 0 Å². The highest BCUT2D eigenvalue weighted by Crippen LogP contribution is 2.56. The van der Waals surface area contributed by atoms with Crippen LogP contribution in [0.2, 0.25) is 0 Å². The zero-order chi connectivity index (χ0) is 17.9. The highest BCUT2D eigenvalue weighted by molar-refractivity contribution is 5.58. The summed E-state index contributed by atoms with van der Waals surface area (Å²) in [6, 6.07) is 11.3. The van der Waals surface area contributed by atoms with E-state index in [2.05, 4.69) is 11.0 Å². The molecule has 2 aliphatic carbocycles. The molecule has 0 spiro atoms. The lowest BCUT2D eigenvalue weighted by Crippen LogP contribution is -2.61. The second kappa shape index (κ2) is 5.63. The third kappa shape index (κ3) is 2.17. The van der Waals surface area contributed by atoms with Crippen molar-refractivity contribution in [1.82, 2.24) is 0 Å². The van der Waals surface area contributed by atoms with Crippen molar-refractivity contribution in [3.63, 3.8) is 0 Å². The van der Waals surface area contributed by atoms with Crippen molar-refractivity contribution >= 4 is 11.4 Å². The van der Waals surface area contributed by atoms with Crippen molar-refractivity contribution in [1.29, 1.82) is 0 Å². The number of rotatable bonds is 1. The van der Waals surface area contributed by atoms with Crippen LogP contribution >= 0.6 is 0 Å². The fourth-order valence-electron chi connectivity index (χ4n) is 6.05. The fraction of sp³-hybridized carbons (Fsp3) is 0.455.